The number of benzene rings is 2. The molecule has 6 heteroatoms. The van der Waals surface area contributed by atoms with Gasteiger partial charge in [0.1, 0.15) is 0 Å². The Morgan fingerprint density at radius 1 is 1.14 bits per heavy atom. The first-order chi connectivity index (χ1) is 13.8. The van der Waals surface area contributed by atoms with E-state index in [-0.39, 0.29) is 5.91 Å². The predicted molar refractivity (Wildman–Crippen MR) is 119 cm³/mol. The third-order valence-electron chi connectivity index (χ3n) is 4.38. The topological polar surface area (TPSA) is 45.2 Å². The lowest BCUT2D eigenvalue weighted by Gasteiger charge is -2.23. The van der Waals surface area contributed by atoms with Gasteiger partial charge in [0.15, 0.2) is 0 Å². The van der Waals surface area contributed by atoms with Crippen LogP contribution in [0.25, 0.3) is 0 Å². The van der Waals surface area contributed by atoms with Crippen molar-refractivity contribution in [3.63, 3.8) is 0 Å². The van der Waals surface area contributed by atoms with E-state index in [1.807, 2.05) is 41.2 Å². The van der Waals surface area contributed by atoms with Crippen LogP contribution in [0.3, 0.4) is 0 Å². The maximum absolute atomic E-state index is 12.7. The number of aromatic nitrogens is 1. The second-order valence-corrected chi connectivity index (χ2v) is 8.03. The number of nitrogens with zero attached hydrogens (tertiary/aromatic N) is 2. The Balaban J connectivity index is 1.49. The second kappa shape index (κ2) is 10.9. The Morgan fingerprint density at radius 2 is 1.93 bits per heavy atom. The van der Waals surface area contributed by atoms with Crippen molar-refractivity contribution in [1.29, 1.82) is 0 Å². The Morgan fingerprint density at radius 3 is 2.68 bits per heavy atom. The minimum absolute atomic E-state index is 0.0101. The monoisotopic (exact) mass is 411 g/mol. The van der Waals surface area contributed by atoms with Crippen molar-refractivity contribution in [2.45, 2.75) is 24.0 Å². The van der Waals surface area contributed by atoms with Crippen LogP contribution in [0.4, 0.5) is 5.69 Å². The first-order valence-electron chi connectivity index (χ1n) is 9.45. The molecule has 1 aromatic heterocycles. The van der Waals surface area contributed by atoms with E-state index in [2.05, 4.69) is 46.4 Å². The number of nitrogens with one attached hydrogen (secondary N) is 1. The van der Waals surface area contributed by atoms with Crippen molar-refractivity contribution in [3.05, 3.63) is 76.7 Å². The molecule has 0 atom stereocenters. The minimum Gasteiger partial charge on any atom is -0.372 e. The molecule has 3 rings (SSSR count). The van der Waals surface area contributed by atoms with Crippen molar-refractivity contribution in [2.24, 2.45) is 0 Å². The summed E-state index contributed by atoms with van der Waals surface area (Å²) in [6.45, 7) is 4.68. The Kier molecular flexibility index (Phi) is 7.94. The molecule has 0 unspecified atom stereocenters. The number of para-hydroxylation sites is 1. The normalized spacial score (nSPS) is 10.6. The summed E-state index contributed by atoms with van der Waals surface area (Å²) >= 11 is 3.25. The summed E-state index contributed by atoms with van der Waals surface area (Å²) in [6.07, 6.45) is 0.905. The van der Waals surface area contributed by atoms with E-state index in [0.29, 0.717) is 6.54 Å². The van der Waals surface area contributed by atoms with Gasteiger partial charge in [-0.15, -0.1) is 23.1 Å². The number of hydrogen-bond donors (Lipinski definition) is 1. The van der Waals surface area contributed by atoms with Gasteiger partial charge in [-0.3, -0.25) is 4.79 Å². The molecule has 0 aliphatic carbocycles. The zero-order valence-electron chi connectivity index (χ0n) is 16.0. The highest BCUT2D eigenvalue weighted by molar-refractivity contribution is 7.98. The summed E-state index contributed by atoms with van der Waals surface area (Å²) in [7, 11) is 0. The number of thiazole rings is 1. The van der Waals surface area contributed by atoms with Crippen LogP contribution in [0, 0.1) is 0 Å². The highest BCUT2D eigenvalue weighted by Gasteiger charge is 2.12. The van der Waals surface area contributed by atoms with Gasteiger partial charge in [0, 0.05) is 41.4 Å². The minimum atomic E-state index is -0.0101. The summed E-state index contributed by atoms with van der Waals surface area (Å²) in [6, 6.07) is 18.2. The van der Waals surface area contributed by atoms with E-state index in [1.165, 1.54) is 5.69 Å². The molecule has 146 valence electrons. The first-order valence-corrected chi connectivity index (χ1v) is 11.4. The molecule has 3 aromatic rings. The van der Waals surface area contributed by atoms with E-state index in [4.69, 9.17) is 0 Å². The van der Waals surface area contributed by atoms with Crippen LogP contribution in [0.5, 0.6) is 0 Å². The highest BCUT2D eigenvalue weighted by Crippen LogP contribution is 2.26. The first kappa shape index (κ1) is 20.4. The fourth-order valence-corrected chi connectivity index (χ4v) is 4.53. The molecule has 0 fully saturated rings. The molecule has 1 heterocycles. The molecule has 1 N–H and O–H groups in total. The van der Waals surface area contributed by atoms with Gasteiger partial charge in [-0.05, 0) is 37.6 Å². The number of thioether (sulfide) groups is 1. The van der Waals surface area contributed by atoms with Gasteiger partial charge in [0.2, 0.25) is 0 Å². The molecule has 28 heavy (non-hydrogen) atoms. The Labute approximate surface area is 175 Å². The van der Waals surface area contributed by atoms with Gasteiger partial charge >= 0.3 is 0 Å². The average Bonchev–Trinajstić information content (AvgIpc) is 3.27. The van der Waals surface area contributed by atoms with E-state index in [1.54, 1.807) is 23.1 Å². The van der Waals surface area contributed by atoms with Crippen molar-refractivity contribution in [2.75, 3.05) is 24.5 Å². The maximum Gasteiger partial charge on any atom is 0.252 e. The van der Waals surface area contributed by atoms with Gasteiger partial charge in [-0.2, -0.15) is 0 Å². The molecule has 0 aliphatic rings. The third-order valence-corrected chi connectivity index (χ3v) is 6.13. The Hall–Kier alpha value is -2.31. The van der Waals surface area contributed by atoms with Crippen LogP contribution in [-0.4, -0.2) is 30.5 Å². The number of carbonyl (C=O) groups excluding carboxylic acids is 1. The highest BCUT2D eigenvalue weighted by atomic mass is 32.2. The van der Waals surface area contributed by atoms with Crippen molar-refractivity contribution in [1.82, 2.24) is 10.3 Å². The molecular formula is C22H25N3OS2. The fraction of sp³-hybridized carbons (Fsp3) is 0.273. The van der Waals surface area contributed by atoms with Crippen LogP contribution in [0.15, 0.2) is 70.4 Å². The molecule has 0 aliphatic heterocycles. The predicted octanol–water partition coefficient (Wildman–Crippen LogP) is 5.08. The molecule has 1 amide bonds. The number of amides is 1. The van der Waals surface area contributed by atoms with Crippen LogP contribution >= 0.6 is 23.1 Å². The molecule has 4 nitrogen and oxygen atoms in total. The number of carbonyl (C=O) groups is 1. The van der Waals surface area contributed by atoms with Crippen LogP contribution in [-0.2, 0) is 5.75 Å². The second-order valence-electron chi connectivity index (χ2n) is 6.29. The van der Waals surface area contributed by atoms with Crippen LogP contribution in [0.1, 0.15) is 29.4 Å². The molecular weight excluding hydrogens is 386 g/mol. The summed E-state index contributed by atoms with van der Waals surface area (Å²) in [5.41, 5.74) is 4.84. The lowest BCUT2D eigenvalue weighted by molar-refractivity contribution is 0.0950. The fourth-order valence-electron chi connectivity index (χ4n) is 2.92. The number of rotatable bonds is 10. The lowest BCUT2D eigenvalue weighted by atomic mass is 10.2. The summed E-state index contributed by atoms with van der Waals surface area (Å²) in [5.74, 6) is 0.764. The van der Waals surface area contributed by atoms with Crippen molar-refractivity contribution >= 4 is 34.7 Å². The molecule has 0 radical (unpaired) electrons. The summed E-state index contributed by atoms with van der Waals surface area (Å²) in [4.78, 5) is 20.3. The van der Waals surface area contributed by atoms with Gasteiger partial charge < -0.3 is 10.2 Å². The van der Waals surface area contributed by atoms with Gasteiger partial charge in [-0.1, -0.05) is 30.3 Å². The van der Waals surface area contributed by atoms with E-state index < -0.39 is 0 Å². The van der Waals surface area contributed by atoms with Gasteiger partial charge in [0.25, 0.3) is 5.91 Å². The standard InChI is InChI=1S/C22H25N3OS2/c1-2-25(19-9-4-3-5-10-19)14-8-13-23-22(26)20-11-6-7-12-21(20)28-16-18-15-27-17-24-18/h3-7,9-12,15,17H,2,8,13-14,16H2,1H3,(H,23,26). The Bertz CT molecular complexity index is 853. The molecule has 0 bridgehead atoms. The molecule has 0 spiro atoms. The molecule has 2 aromatic carbocycles. The number of hydrogen-bond acceptors (Lipinski definition) is 5. The van der Waals surface area contributed by atoms with Crippen LogP contribution < -0.4 is 10.2 Å². The average molecular weight is 412 g/mol. The smallest absolute Gasteiger partial charge is 0.252 e. The summed E-state index contributed by atoms with van der Waals surface area (Å²) < 4.78 is 0. The maximum atomic E-state index is 12.7. The molecule has 0 saturated carbocycles. The van der Waals surface area contributed by atoms with Crippen molar-refractivity contribution < 1.29 is 4.79 Å². The third kappa shape index (κ3) is 5.84. The van der Waals surface area contributed by atoms with Crippen LogP contribution in [0.2, 0.25) is 0 Å². The quantitative estimate of drug-likeness (QED) is 0.373. The lowest BCUT2D eigenvalue weighted by Crippen LogP contribution is -2.30. The largest absolute Gasteiger partial charge is 0.372 e. The van der Waals surface area contributed by atoms with E-state index in [0.717, 1.165) is 41.4 Å². The SMILES string of the molecule is CCN(CCCNC(=O)c1ccccc1SCc1cscn1)c1ccccc1. The van der Waals surface area contributed by atoms with E-state index in [9.17, 15) is 4.79 Å². The zero-order valence-corrected chi connectivity index (χ0v) is 17.6. The zero-order chi connectivity index (χ0) is 19.6. The van der Waals surface area contributed by atoms with Gasteiger partial charge in [-0.25, -0.2) is 4.98 Å². The number of anilines is 1. The van der Waals surface area contributed by atoms with E-state index >= 15 is 0 Å². The van der Waals surface area contributed by atoms with Crippen molar-refractivity contribution in [3.8, 4) is 0 Å². The molecule has 0 saturated heterocycles. The summed E-state index contributed by atoms with van der Waals surface area (Å²) in [5, 5.41) is 5.11. The van der Waals surface area contributed by atoms with Gasteiger partial charge in [0.05, 0.1) is 16.8 Å².